The molecule has 1 aromatic carbocycles. The van der Waals surface area contributed by atoms with Crippen LogP contribution in [-0.2, 0) is 10.0 Å². The lowest BCUT2D eigenvalue weighted by Gasteiger charge is -2.30. The summed E-state index contributed by atoms with van der Waals surface area (Å²) in [6.07, 6.45) is 2.86. The molecule has 2 rings (SSSR count). The van der Waals surface area contributed by atoms with E-state index in [1.807, 2.05) is 0 Å². The van der Waals surface area contributed by atoms with Crippen molar-refractivity contribution < 1.29 is 17.6 Å². The lowest BCUT2D eigenvalue weighted by molar-refractivity contribution is 0.0943. The molecule has 1 unspecified atom stereocenters. The van der Waals surface area contributed by atoms with E-state index in [1.54, 1.807) is 0 Å². The summed E-state index contributed by atoms with van der Waals surface area (Å²) in [6.45, 7) is 0.825. The molecule has 0 saturated carbocycles. The maximum atomic E-state index is 13.2. The Hall–Kier alpha value is -1.47. The van der Waals surface area contributed by atoms with Gasteiger partial charge in [0.05, 0.1) is 6.26 Å². The average molecular weight is 314 g/mol. The molecule has 0 amide bonds. The van der Waals surface area contributed by atoms with Gasteiger partial charge in [0.15, 0.2) is 5.78 Å². The van der Waals surface area contributed by atoms with Crippen molar-refractivity contribution in [1.82, 2.24) is 4.31 Å². The number of Topliss-reactive ketones (excluding diaryl/α,β-unsaturated/α-hetero) is 1. The number of anilines is 1. The van der Waals surface area contributed by atoms with Gasteiger partial charge in [-0.15, -0.1) is 0 Å². The molecular formula is C14H19FN2O3S. The zero-order valence-electron chi connectivity index (χ0n) is 11.9. The second kappa shape index (κ2) is 6.11. The van der Waals surface area contributed by atoms with E-state index < -0.39 is 15.8 Å². The van der Waals surface area contributed by atoms with Gasteiger partial charge in [0.2, 0.25) is 10.0 Å². The van der Waals surface area contributed by atoms with Crippen molar-refractivity contribution in [3.63, 3.8) is 0 Å². The standard InChI is InChI=1S/C14H19FN2O3S/c1-21(19,20)17-6-2-3-10(9-17)7-14(18)12-8-11(15)4-5-13(12)16/h4-5,8,10H,2-3,6-7,9,16H2,1H3. The Bertz CT molecular complexity index is 646. The van der Waals surface area contributed by atoms with Gasteiger partial charge in [0, 0.05) is 30.8 Å². The van der Waals surface area contributed by atoms with Crippen LogP contribution < -0.4 is 5.73 Å². The monoisotopic (exact) mass is 314 g/mol. The summed E-state index contributed by atoms with van der Waals surface area (Å²) in [5, 5.41) is 0. The summed E-state index contributed by atoms with van der Waals surface area (Å²) in [5.41, 5.74) is 6.12. The zero-order valence-corrected chi connectivity index (χ0v) is 12.7. The molecule has 0 aromatic heterocycles. The van der Waals surface area contributed by atoms with E-state index in [-0.39, 0.29) is 29.4 Å². The summed E-state index contributed by atoms with van der Waals surface area (Å²) >= 11 is 0. The van der Waals surface area contributed by atoms with Crippen molar-refractivity contribution >= 4 is 21.5 Å². The summed E-state index contributed by atoms with van der Waals surface area (Å²) < 4.78 is 37.7. The number of hydrogen-bond donors (Lipinski definition) is 1. The summed E-state index contributed by atoms with van der Waals surface area (Å²) in [5.74, 6) is -0.801. The highest BCUT2D eigenvalue weighted by Gasteiger charge is 2.27. The molecule has 116 valence electrons. The van der Waals surface area contributed by atoms with Crippen LogP contribution in [0.5, 0.6) is 0 Å². The fourth-order valence-electron chi connectivity index (χ4n) is 2.64. The first-order valence-corrected chi connectivity index (χ1v) is 8.65. The Kier molecular flexibility index (Phi) is 4.63. The number of halogens is 1. The molecule has 1 fully saturated rings. The van der Waals surface area contributed by atoms with Gasteiger partial charge in [-0.2, -0.15) is 0 Å². The third-order valence-corrected chi connectivity index (χ3v) is 5.01. The summed E-state index contributed by atoms with van der Waals surface area (Å²) in [4.78, 5) is 12.2. The van der Waals surface area contributed by atoms with E-state index >= 15 is 0 Å². The van der Waals surface area contributed by atoms with Crippen LogP contribution in [0.2, 0.25) is 0 Å². The first kappa shape index (κ1) is 15.9. The Balaban J connectivity index is 2.07. The average Bonchev–Trinajstić information content (AvgIpc) is 2.41. The fourth-order valence-corrected chi connectivity index (χ4v) is 3.58. The van der Waals surface area contributed by atoms with Crippen LogP contribution in [0.4, 0.5) is 10.1 Å². The largest absolute Gasteiger partial charge is 0.398 e. The quantitative estimate of drug-likeness (QED) is 0.677. The third-order valence-electron chi connectivity index (χ3n) is 3.74. The topological polar surface area (TPSA) is 80.5 Å². The maximum absolute atomic E-state index is 13.2. The van der Waals surface area contributed by atoms with E-state index in [1.165, 1.54) is 22.7 Å². The number of benzene rings is 1. The molecule has 1 aliphatic rings. The van der Waals surface area contributed by atoms with E-state index in [0.717, 1.165) is 18.9 Å². The van der Waals surface area contributed by atoms with Gasteiger partial charge in [0.1, 0.15) is 5.82 Å². The SMILES string of the molecule is CS(=O)(=O)N1CCCC(CC(=O)c2cc(F)ccc2N)C1. The molecule has 5 nitrogen and oxygen atoms in total. The zero-order chi connectivity index (χ0) is 15.6. The predicted octanol–water partition coefficient (Wildman–Crippen LogP) is 1.65. The minimum atomic E-state index is -3.24. The Morgan fingerprint density at radius 1 is 1.48 bits per heavy atom. The summed E-state index contributed by atoms with van der Waals surface area (Å²) in [7, 11) is -3.24. The normalized spacial score (nSPS) is 20.4. The van der Waals surface area contributed by atoms with Crippen LogP contribution in [0.15, 0.2) is 18.2 Å². The molecule has 1 aliphatic heterocycles. The lowest BCUT2D eigenvalue weighted by Crippen LogP contribution is -2.39. The number of carbonyl (C=O) groups excluding carboxylic acids is 1. The van der Waals surface area contributed by atoms with E-state index in [2.05, 4.69) is 0 Å². The summed E-state index contributed by atoms with van der Waals surface area (Å²) in [6, 6.07) is 3.71. The second-order valence-corrected chi connectivity index (χ2v) is 7.47. The highest BCUT2D eigenvalue weighted by atomic mass is 32.2. The number of sulfonamides is 1. The van der Waals surface area contributed by atoms with Crippen molar-refractivity contribution in [2.75, 3.05) is 25.1 Å². The van der Waals surface area contributed by atoms with E-state index in [9.17, 15) is 17.6 Å². The number of nitrogens with zero attached hydrogens (tertiary/aromatic N) is 1. The molecule has 2 N–H and O–H groups in total. The van der Waals surface area contributed by atoms with Crippen molar-refractivity contribution in [1.29, 1.82) is 0 Å². The van der Waals surface area contributed by atoms with Gasteiger partial charge in [-0.25, -0.2) is 17.1 Å². The Labute approximate surface area is 124 Å². The smallest absolute Gasteiger partial charge is 0.211 e. The molecule has 0 bridgehead atoms. The Morgan fingerprint density at radius 3 is 2.86 bits per heavy atom. The maximum Gasteiger partial charge on any atom is 0.211 e. The molecule has 0 radical (unpaired) electrons. The van der Waals surface area contributed by atoms with Gasteiger partial charge >= 0.3 is 0 Å². The number of carbonyl (C=O) groups is 1. The number of hydrogen-bond acceptors (Lipinski definition) is 4. The van der Waals surface area contributed by atoms with Crippen LogP contribution in [0.25, 0.3) is 0 Å². The van der Waals surface area contributed by atoms with Crippen molar-refractivity contribution in [2.24, 2.45) is 5.92 Å². The number of nitrogens with two attached hydrogens (primary N) is 1. The molecular weight excluding hydrogens is 295 g/mol. The predicted molar refractivity (Wildman–Crippen MR) is 78.9 cm³/mol. The highest BCUT2D eigenvalue weighted by Crippen LogP contribution is 2.25. The molecule has 1 saturated heterocycles. The van der Waals surface area contributed by atoms with Crippen LogP contribution in [0.1, 0.15) is 29.6 Å². The third kappa shape index (κ3) is 4.01. The Morgan fingerprint density at radius 2 is 2.19 bits per heavy atom. The van der Waals surface area contributed by atoms with Gasteiger partial charge in [-0.1, -0.05) is 0 Å². The molecule has 1 atom stereocenters. The van der Waals surface area contributed by atoms with E-state index in [4.69, 9.17) is 5.73 Å². The highest BCUT2D eigenvalue weighted by molar-refractivity contribution is 7.88. The molecule has 1 aromatic rings. The lowest BCUT2D eigenvalue weighted by atomic mass is 9.91. The van der Waals surface area contributed by atoms with Crippen LogP contribution in [0, 0.1) is 11.7 Å². The number of nitrogen functional groups attached to an aromatic ring is 1. The first-order chi connectivity index (χ1) is 9.77. The molecule has 21 heavy (non-hydrogen) atoms. The fraction of sp³-hybridized carbons (Fsp3) is 0.500. The number of rotatable bonds is 4. The van der Waals surface area contributed by atoms with Gasteiger partial charge in [0.25, 0.3) is 0 Å². The van der Waals surface area contributed by atoms with Gasteiger partial charge < -0.3 is 5.73 Å². The molecule has 7 heteroatoms. The van der Waals surface area contributed by atoms with Crippen molar-refractivity contribution in [2.45, 2.75) is 19.3 Å². The van der Waals surface area contributed by atoms with Crippen LogP contribution in [0.3, 0.4) is 0 Å². The number of piperidine rings is 1. The van der Waals surface area contributed by atoms with Crippen LogP contribution in [-0.4, -0.2) is 37.9 Å². The van der Waals surface area contributed by atoms with Gasteiger partial charge in [-0.3, -0.25) is 4.79 Å². The minimum Gasteiger partial charge on any atom is -0.398 e. The number of ketones is 1. The van der Waals surface area contributed by atoms with Crippen LogP contribution >= 0.6 is 0 Å². The van der Waals surface area contributed by atoms with Crippen molar-refractivity contribution in [3.05, 3.63) is 29.6 Å². The molecule has 1 heterocycles. The minimum absolute atomic E-state index is 0.0522. The van der Waals surface area contributed by atoms with Crippen molar-refractivity contribution in [3.8, 4) is 0 Å². The van der Waals surface area contributed by atoms with E-state index in [0.29, 0.717) is 13.1 Å². The van der Waals surface area contributed by atoms with Gasteiger partial charge in [-0.05, 0) is 37.0 Å². The first-order valence-electron chi connectivity index (χ1n) is 6.80. The molecule has 0 spiro atoms. The second-order valence-electron chi connectivity index (χ2n) is 5.49. The molecule has 0 aliphatic carbocycles.